The zero-order chi connectivity index (χ0) is 11.5. The zero-order valence-electron chi connectivity index (χ0n) is 7.60. The van der Waals surface area contributed by atoms with Crippen molar-refractivity contribution in [2.24, 2.45) is 0 Å². The Hall–Kier alpha value is -1.57. The summed E-state index contributed by atoms with van der Waals surface area (Å²) in [6.45, 7) is -2.87. The average molecular weight is 292 g/mol. The van der Waals surface area contributed by atoms with Crippen LogP contribution < -0.4 is 4.74 Å². The lowest BCUT2D eigenvalue weighted by Gasteiger charge is -2.02. The number of nitrogens with zero attached hydrogens (tertiary/aromatic N) is 3. The molecule has 16 heavy (non-hydrogen) atoms. The minimum absolute atomic E-state index is 0.0302. The van der Waals surface area contributed by atoms with E-state index in [0.717, 1.165) is 6.20 Å². The predicted molar refractivity (Wildman–Crippen MR) is 51.9 cm³/mol. The summed E-state index contributed by atoms with van der Waals surface area (Å²) in [7, 11) is 0. The summed E-state index contributed by atoms with van der Waals surface area (Å²) in [5.41, 5.74) is 0.375. The Labute approximate surface area is 96.6 Å². The van der Waals surface area contributed by atoms with Gasteiger partial charge in [-0.15, -0.1) is 10.2 Å². The van der Waals surface area contributed by atoms with E-state index < -0.39 is 6.61 Å². The molecule has 8 heteroatoms. The van der Waals surface area contributed by atoms with Crippen LogP contribution in [0.25, 0.3) is 11.6 Å². The number of aromatic nitrogens is 3. The van der Waals surface area contributed by atoms with Gasteiger partial charge in [0.2, 0.25) is 0 Å². The van der Waals surface area contributed by atoms with Gasteiger partial charge in [-0.25, -0.2) is 4.98 Å². The van der Waals surface area contributed by atoms with Gasteiger partial charge in [-0.05, 0) is 12.1 Å². The molecule has 0 N–H and O–H groups in total. The molecular formula is C8H4BrF2N3O2. The molecule has 0 aliphatic rings. The Kier molecular flexibility index (Phi) is 3.09. The van der Waals surface area contributed by atoms with E-state index >= 15 is 0 Å². The van der Waals surface area contributed by atoms with Crippen LogP contribution in [0.4, 0.5) is 8.78 Å². The molecule has 0 saturated carbocycles. The first-order valence-corrected chi connectivity index (χ1v) is 4.84. The summed E-state index contributed by atoms with van der Waals surface area (Å²) in [5.74, 6) is 0.160. The van der Waals surface area contributed by atoms with Crippen LogP contribution in [0.5, 0.6) is 5.75 Å². The van der Waals surface area contributed by atoms with Gasteiger partial charge in [0.1, 0.15) is 11.4 Å². The Morgan fingerprint density at radius 3 is 2.62 bits per heavy atom. The summed E-state index contributed by atoms with van der Waals surface area (Å²) in [6.07, 6.45) is 1.15. The Morgan fingerprint density at radius 2 is 2.12 bits per heavy atom. The second-order valence-corrected chi connectivity index (χ2v) is 3.30. The number of hydrogen-bond acceptors (Lipinski definition) is 5. The highest BCUT2D eigenvalue weighted by molar-refractivity contribution is 9.10. The first-order valence-electron chi connectivity index (χ1n) is 4.05. The minimum atomic E-state index is -2.87. The van der Waals surface area contributed by atoms with E-state index in [0.29, 0.717) is 5.69 Å². The normalized spacial score (nSPS) is 10.8. The molecule has 0 atom stereocenters. The van der Waals surface area contributed by atoms with Gasteiger partial charge in [0.15, 0.2) is 0 Å². The maximum Gasteiger partial charge on any atom is 0.387 e. The van der Waals surface area contributed by atoms with Crippen molar-refractivity contribution in [2.45, 2.75) is 6.61 Å². The van der Waals surface area contributed by atoms with Crippen molar-refractivity contribution < 1.29 is 17.9 Å². The van der Waals surface area contributed by atoms with Crippen molar-refractivity contribution in [3.63, 3.8) is 0 Å². The molecule has 2 rings (SSSR count). The molecule has 0 aromatic carbocycles. The van der Waals surface area contributed by atoms with Crippen molar-refractivity contribution in [2.75, 3.05) is 0 Å². The van der Waals surface area contributed by atoms with E-state index in [4.69, 9.17) is 4.42 Å². The molecule has 0 aliphatic heterocycles. The molecule has 0 fully saturated rings. The summed E-state index contributed by atoms with van der Waals surface area (Å²) < 4.78 is 32.9. The quantitative estimate of drug-likeness (QED) is 0.869. The van der Waals surface area contributed by atoms with Crippen molar-refractivity contribution in [3.8, 4) is 17.3 Å². The van der Waals surface area contributed by atoms with Crippen molar-refractivity contribution >= 4 is 15.9 Å². The van der Waals surface area contributed by atoms with Gasteiger partial charge >= 0.3 is 6.61 Å². The topological polar surface area (TPSA) is 61.0 Å². The van der Waals surface area contributed by atoms with Crippen LogP contribution in [-0.4, -0.2) is 21.8 Å². The van der Waals surface area contributed by atoms with Crippen molar-refractivity contribution in [1.29, 1.82) is 0 Å². The molecule has 0 amide bonds. The lowest BCUT2D eigenvalue weighted by atomic mass is 10.3. The van der Waals surface area contributed by atoms with Crippen LogP contribution in [0.3, 0.4) is 0 Å². The van der Waals surface area contributed by atoms with Gasteiger partial charge in [0.05, 0.1) is 6.20 Å². The Morgan fingerprint density at radius 1 is 1.31 bits per heavy atom. The van der Waals surface area contributed by atoms with Crippen LogP contribution in [0, 0.1) is 0 Å². The van der Waals surface area contributed by atoms with Crippen LogP contribution >= 0.6 is 15.9 Å². The smallest absolute Gasteiger partial charge is 0.387 e. The van der Waals surface area contributed by atoms with Gasteiger partial charge < -0.3 is 9.15 Å². The van der Waals surface area contributed by atoms with Gasteiger partial charge in [-0.1, -0.05) is 0 Å². The van der Waals surface area contributed by atoms with Gasteiger partial charge in [0, 0.05) is 15.9 Å². The number of hydrogen-bond donors (Lipinski definition) is 0. The molecule has 5 nitrogen and oxygen atoms in total. The van der Waals surface area contributed by atoms with Gasteiger partial charge in [0.25, 0.3) is 10.7 Å². The maximum atomic E-state index is 11.9. The molecule has 0 spiro atoms. The standard InChI is InChI=1S/C8H4BrF2N3O2/c9-7-14-13-6(16-7)5-2-1-4(3-12-5)15-8(10)11/h1-3,8H. The number of ether oxygens (including phenoxy) is 1. The Bertz CT molecular complexity index is 474. The average Bonchev–Trinajstić information content (AvgIpc) is 2.65. The first-order chi connectivity index (χ1) is 7.65. The summed E-state index contributed by atoms with van der Waals surface area (Å²) in [4.78, 5) is 4.06. The third-order valence-corrected chi connectivity index (χ3v) is 1.90. The molecule has 2 aromatic rings. The third-order valence-electron chi connectivity index (χ3n) is 1.58. The van der Waals surface area contributed by atoms with E-state index in [1.807, 2.05) is 0 Å². The molecule has 0 bridgehead atoms. The number of pyridine rings is 1. The summed E-state index contributed by atoms with van der Waals surface area (Å²) in [6, 6.07) is 2.78. The van der Waals surface area contributed by atoms with Crippen LogP contribution in [0.2, 0.25) is 0 Å². The van der Waals surface area contributed by atoms with Crippen LogP contribution in [-0.2, 0) is 0 Å². The molecule has 0 radical (unpaired) electrons. The van der Waals surface area contributed by atoms with E-state index in [9.17, 15) is 8.78 Å². The first kappa shape index (κ1) is 10.9. The SMILES string of the molecule is FC(F)Oc1ccc(-c2nnc(Br)o2)nc1. The zero-order valence-corrected chi connectivity index (χ0v) is 9.19. The molecule has 2 heterocycles. The highest BCUT2D eigenvalue weighted by Crippen LogP contribution is 2.20. The number of rotatable bonds is 3. The largest absolute Gasteiger partial charge is 0.433 e. The van der Waals surface area contributed by atoms with Crippen LogP contribution in [0.15, 0.2) is 27.5 Å². The molecule has 84 valence electrons. The monoisotopic (exact) mass is 291 g/mol. The maximum absolute atomic E-state index is 11.9. The van der Waals surface area contributed by atoms with E-state index in [-0.39, 0.29) is 16.4 Å². The lowest BCUT2D eigenvalue weighted by molar-refractivity contribution is -0.0500. The second-order valence-electron chi connectivity index (χ2n) is 2.62. The predicted octanol–water partition coefficient (Wildman–Crippen LogP) is 2.50. The second kappa shape index (κ2) is 4.52. The van der Waals surface area contributed by atoms with Crippen molar-refractivity contribution in [1.82, 2.24) is 15.2 Å². The van der Waals surface area contributed by atoms with E-state index in [1.54, 1.807) is 0 Å². The fourth-order valence-electron chi connectivity index (χ4n) is 0.988. The Balaban J connectivity index is 2.19. The highest BCUT2D eigenvalue weighted by atomic mass is 79.9. The number of alkyl halides is 2. The summed E-state index contributed by atoms with van der Waals surface area (Å²) >= 11 is 2.98. The third kappa shape index (κ3) is 2.51. The molecule has 2 aromatic heterocycles. The fourth-order valence-corrected chi connectivity index (χ4v) is 1.22. The van der Waals surface area contributed by atoms with Crippen molar-refractivity contribution in [3.05, 3.63) is 23.1 Å². The van der Waals surface area contributed by atoms with Crippen LogP contribution in [0.1, 0.15) is 0 Å². The fraction of sp³-hybridized carbons (Fsp3) is 0.125. The molecule has 0 aliphatic carbocycles. The van der Waals surface area contributed by atoms with E-state index in [2.05, 4.69) is 35.8 Å². The molecule has 0 saturated heterocycles. The molecular weight excluding hydrogens is 288 g/mol. The highest BCUT2D eigenvalue weighted by Gasteiger charge is 2.09. The van der Waals surface area contributed by atoms with Gasteiger partial charge in [-0.3, -0.25) is 0 Å². The lowest BCUT2D eigenvalue weighted by Crippen LogP contribution is -2.02. The molecule has 0 unspecified atom stereocenters. The van der Waals surface area contributed by atoms with Gasteiger partial charge in [-0.2, -0.15) is 8.78 Å². The minimum Gasteiger partial charge on any atom is -0.433 e. The summed E-state index contributed by atoms with van der Waals surface area (Å²) in [5, 5.41) is 7.23. The number of halogens is 3. The van der Waals surface area contributed by atoms with E-state index in [1.165, 1.54) is 12.1 Å².